The van der Waals surface area contributed by atoms with Crippen molar-refractivity contribution in [3.8, 4) is 5.75 Å². The van der Waals surface area contributed by atoms with Gasteiger partial charge in [0.05, 0.1) is 10.9 Å². The Morgan fingerprint density at radius 3 is 2.72 bits per heavy atom. The number of fused-ring (bicyclic) bond motifs is 2. The Bertz CT molecular complexity index is 1140. The van der Waals surface area contributed by atoms with Gasteiger partial charge >= 0.3 is 0 Å². The lowest BCUT2D eigenvalue weighted by molar-refractivity contribution is -0.118. The number of nitrogens with one attached hydrogen (secondary N) is 1. The van der Waals surface area contributed by atoms with E-state index in [1.807, 2.05) is 31.2 Å². The first-order chi connectivity index (χ1) is 15.4. The van der Waals surface area contributed by atoms with Crippen LogP contribution in [0.15, 0.2) is 47.4 Å². The minimum absolute atomic E-state index is 0.0640. The second kappa shape index (κ2) is 8.19. The zero-order valence-electron chi connectivity index (χ0n) is 18.5. The molecule has 1 saturated carbocycles. The summed E-state index contributed by atoms with van der Waals surface area (Å²) in [7, 11) is -3.73. The average Bonchev–Trinajstić information content (AvgIpc) is 3.22. The third kappa shape index (κ3) is 3.82. The number of nitrogens with zero attached hydrogens (tertiary/aromatic N) is 1. The van der Waals surface area contributed by atoms with Crippen molar-refractivity contribution in [2.24, 2.45) is 0 Å². The SMILES string of the molecule is CCC(=O)N1CCc2cc(S(=O)(=O)NC3CC4(CCCCC4)Oc4ccccc43)ccc21. The Morgan fingerprint density at radius 2 is 1.94 bits per heavy atom. The van der Waals surface area contributed by atoms with E-state index < -0.39 is 10.0 Å². The third-order valence-electron chi connectivity index (χ3n) is 7.12. The highest BCUT2D eigenvalue weighted by molar-refractivity contribution is 7.89. The maximum atomic E-state index is 13.4. The van der Waals surface area contributed by atoms with E-state index in [1.54, 1.807) is 23.1 Å². The topological polar surface area (TPSA) is 75.7 Å². The second-order valence-corrected chi connectivity index (χ2v) is 10.9. The predicted octanol–water partition coefficient (Wildman–Crippen LogP) is 4.49. The van der Waals surface area contributed by atoms with Crippen LogP contribution < -0.4 is 14.4 Å². The summed E-state index contributed by atoms with van der Waals surface area (Å²) in [4.78, 5) is 14.2. The number of amides is 1. The molecular formula is C25H30N2O4S. The van der Waals surface area contributed by atoms with Crippen molar-refractivity contribution in [1.29, 1.82) is 0 Å². The number of anilines is 1. The summed E-state index contributed by atoms with van der Waals surface area (Å²) >= 11 is 0. The van der Waals surface area contributed by atoms with Gasteiger partial charge in [-0.15, -0.1) is 0 Å². The van der Waals surface area contributed by atoms with E-state index in [1.165, 1.54) is 6.42 Å². The molecule has 2 aliphatic heterocycles. The van der Waals surface area contributed by atoms with Crippen molar-refractivity contribution < 1.29 is 17.9 Å². The number of carbonyl (C=O) groups excluding carboxylic acids is 1. The van der Waals surface area contributed by atoms with Crippen molar-refractivity contribution >= 4 is 21.6 Å². The van der Waals surface area contributed by atoms with Gasteiger partial charge in [0.1, 0.15) is 11.4 Å². The lowest BCUT2D eigenvalue weighted by atomic mass is 9.77. The molecule has 170 valence electrons. The monoisotopic (exact) mass is 454 g/mol. The van der Waals surface area contributed by atoms with Crippen LogP contribution in [0.25, 0.3) is 0 Å². The Balaban J connectivity index is 1.43. The molecule has 2 aromatic carbocycles. The van der Waals surface area contributed by atoms with E-state index in [0.717, 1.165) is 48.2 Å². The fourth-order valence-corrected chi connectivity index (χ4v) is 6.74. The molecule has 1 spiro atoms. The first kappa shape index (κ1) is 21.5. The first-order valence-electron chi connectivity index (χ1n) is 11.6. The zero-order chi connectivity index (χ0) is 22.3. The zero-order valence-corrected chi connectivity index (χ0v) is 19.3. The molecule has 32 heavy (non-hydrogen) atoms. The fourth-order valence-electron chi connectivity index (χ4n) is 5.48. The molecular weight excluding hydrogens is 424 g/mol. The number of ether oxygens (including phenoxy) is 1. The van der Waals surface area contributed by atoms with Crippen LogP contribution in [0.1, 0.15) is 69.0 Å². The number of rotatable bonds is 4. The molecule has 0 saturated heterocycles. The van der Waals surface area contributed by atoms with Gasteiger partial charge in [-0.3, -0.25) is 4.79 Å². The molecule has 0 aromatic heterocycles. The van der Waals surface area contributed by atoms with Gasteiger partial charge in [0.25, 0.3) is 0 Å². The van der Waals surface area contributed by atoms with Crippen molar-refractivity contribution in [3.05, 3.63) is 53.6 Å². The van der Waals surface area contributed by atoms with Crippen LogP contribution in [-0.4, -0.2) is 26.5 Å². The highest BCUT2D eigenvalue weighted by Crippen LogP contribution is 2.46. The lowest BCUT2D eigenvalue weighted by Gasteiger charge is -2.44. The molecule has 5 rings (SSSR count). The summed E-state index contributed by atoms with van der Waals surface area (Å²) in [6.45, 7) is 2.45. The fraction of sp³-hybridized carbons (Fsp3) is 0.480. The number of benzene rings is 2. The molecule has 0 radical (unpaired) electrons. The van der Waals surface area contributed by atoms with Crippen molar-refractivity contribution in [3.63, 3.8) is 0 Å². The molecule has 1 N–H and O–H groups in total. The van der Waals surface area contributed by atoms with Crippen molar-refractivity contribution in [1.82, 2.24) is 4.72 Å². The molecule has 1 amide bonds. The van der Waals surface area contributed by atoms with E-state index >= 15 is 0 Å². The Hall–Kier alpha value is -2.38. The van der Waals surface area contributed by atoms with E-state index in [9.17, 15) is 13.2 Å². The van der Waals surface area contributed by atoms with Crippen LogP contribution in [0.2, 0.25) is 0 Å². The molecule has 6 nitrogen and oxygen atoms in total. The first-order valence-corrected chi connectivity index (χ1v) is 13.1. The van der Waals surface area contributed by atoms with Gasteiger partial charge in [-0.2, -0.15) is 0 Å². The largest absolute Gasteiger partial charge is 0.487 e. The van der Waals surface area contributed by atoms with Crippen LogP contribution in [0.5, 0.6) is 5.75 Å². The smallest absolute Gasteiger partial charge is 0.241 e. The number of para-hydroxylation sites is 1. The Kier molecular flexibility index (Phi) is 5.50. The van der Waals surface area contributed by atoms with Gasteiger partial charge in [0, 0.05) is 30.6 Å². The molecule has 0 bridgehead atoms. The van der Waals surface area contributed by atoms with Gasteiger partial charge in [-0.1, -0.05) is 31.5 Å². The second-order valence-electron chi connectivity index (χ2n) is 9.20. The molecule has 7 heteroatoms. The van der Waals surface area contributed by atoms with Crippen molar-refractivity contribution in [2.45, 2.75) is 74.8 Å². The summed E-state index contributed by atoms with van der Waals surface area (Å²) in [5.41, 5.74) is 2.34. The maximum Gasteiger partial charge on any atom is 0.241 e. The molecule has 3 aliphatic rings. The minimum Gasteiger partial charge on any atom is -0.487 e. The molecule has 2 heterocycles. The number of sulfonamides is 1. The summed E-state index contributed by atoms with van der Waals surface area (Å²) in [5, 5.41) is 0. The van der Waals surface area contributed by atoms with Gasteiger partial charge in [0.2, 0.25) is 15.9 Å². The Labute approximate surface area is 190 Å². The number of hydrogen-bond acceptors (Lipinski definition) is 4. The number of hydrogen-bond donors (Lipinski definition) is 1. The van der Waals surface area contributed by atoms with E-state index in [-0.39, 0.29) is 22.4 Å². The predicted molar refractivity (Wildman–Crippen MR) is 123 cm³/mol. The highest BCUT2D eigenvalue weighted by Gasteiger charge is 2.43. The molecule has 1 aliphatic carbocycles. The molecule has 1 fully saturated rings. The normalized spacial score (nSPS) is 21.7. The number of carbonyl (C=O) groups is 1. The summed E-state index contributed by atoms with van der Waals surface area (Å²) < 4.78 is 36.3. The van der Waals surface area contributed by atoms with Crippen LogP contribution >= 0.6 is 0 Å². The van der Waals surface area contributed by atoms with Gasteiger partial charge in [-0.05, 0) is 61.9 Å². The Morgan fingerprint density at radius 1 is 1.16 bits per heavy atom. The quantitative estimate of drug-likeness (QED) is 0.739. The van der Waals surface area contributed by atoms with Crippen LogP contribution in [0.4, 0.5) is 5.69 Å². The minimum atomic E-state index is -3.73. The molecule has 2 aromatic rings. The van der Waals surface area contributed by atoms with Crippen molar-refractivity contribution in [2.75, 3.05) is 11.4 Å². The maximum absolute atomic E-state index is 13.4. The van der Waals surface area contributed by atoms with Gasteiger partial charge < -0.3 is 9.64 Å². The summed E-state index contributed by atoms with van der Waals surface area (Å²) in [6, 6.07) is 12.6. The van der Waals surface area contributed by atoms with Crippen LogP contribution in [0.3, 0.4) is 0 Å². The van der Waals surface area contributed by atoms with Gasteiger partial charge in [0.15, 0.2) is 0 Å². The van der Waals surface area contributed by atoms with E-state index in [4.69, 9.17) is 4.74 Å². The summed E-state index contributed by atoms with van der Waals surface area (Å²) in [6.07, 6.45) is 7.10. The van der Waals surface area contributed by atoms with Gasteiger partial charge in [-0.25, -0.2) is 13.1 Å². The van der Waals surface area contributed by atoms with E-state index in [2.05, 4.69) is 4.72 Å². The van der Waals surface area contributed by atoms with E-state index in [0.29, 0.717) is 25.8 Å². The highest BCUT2D eigenvalue weighted by atomic mass is 32.2. The van der Waals surface area contributed by atoms with Crippen LogP contribution in [0, 0.1) is 0 Å². The molecule has 1 unspecified atom stereocenters. The summed E-state index contributed by atoms with van der Waals surface area (Å²) in [5.74, 6) is 0.852. The average molecular weight is 455 g/mol. The van der Waals surface area contributed by atoms with Crippen LogP contribution in [-0.2, 0) is 21.2 Å². The lowest BCUT2D eigenvalue weighted by Crippen LogP contribution is -2.46. The molecule has 1 atom stereocenters. The third-order valence-corrected chi connectivity index (χ3v) is 8.59. The standard InChI is InChI=1S/C25H30N2O4S/c1-2-24(28)27-15-12-18-16-19(10-11-22(18)27)32(29,30)26-21-17-25(13-6-3-7-14-25)31-23-9-5-4-8-20(21)23/h4-5,8-11,16,21,26H,2-3,6-7,12-15,17H2,1H3.